The fourth-order valence-corrected chi connectivity index (χ4v) is 2.28. The van der Waals surface area contributed by atoms with Gasteiger partial charge in [0.25, 0.3) is 11.8 Å². The van der Waals surface area contributed by atoms with Gasteiger partial charge in [-0.15, -0.1) is 0 Å². The van der Waals surface area contributed by atoms with Crippen LogP contribution in [0.5, 0.6) is 0 Å². The summed E-state index contributed by atoms with van der Waals surface area (Å²) >= 11 is 0. The van der Waals surface area contributed by atoms with Crippen LogP contribution in [0.15, 0.2) is 18.2 Å². The van der Waals surface area contributed by atoms with E-state index in [2.05, 4.69) is 10.4 Å². The number of amides is 2. The average Bonchev–Trinajstić information content (AvgIpc) is 2.77. The molecule has 2 amide bonds. The van der Waals surface area contributed by atoms with Crippen LogP contribution < -0.4 is 5.32 Å². The van der Waals surface area contributed by atoms with E-state index in [1.54, 1.807) is 25.8 Å². The van der Waals surface area contributed by atoms with E-state index in [1.807, 2.05) is 39.0 Å². The number of benzene rings is 1. The summed E-state index contributed by atoms with van der Waals surface area (Å²) in [7, 11) is 5.06. The van der Waals surface area contributed by atoms with Crippen molar-refractivity contribution in [2.24, 2.45) is 7.05 Å². The summed E-state index contributed by atoms with van der Waals surface area (Å²) in [5.41, 5.74) is 3.92. The first kappa shape index (κ1) is 16.7. The Labute approximate surface area is 136 Å². The van der Waals surface area contributed by atoms with E-state index in [-0.39, 0.29) is 17.5 Å². The summed E-state index contributed by atoms with van der Waals surface area (Å²) in [6.45, 7) is 5.64. The smallest absolute Gasteiger partial charge is 0.276 e. The highest BCUT2D eigenvalue weighted by molar-refractivity contribution is 6.09. The minimum Gasteiger partial charge on any atom is -0.343 e. The Morgan fingerprint density at radius 3 is 2.43 bits per heavy atom. The highest BCUT2D eigenvalue weighted by Crippen LogP contribution is 2.22. The molecular formula is C17H22N4O2. The Kier molecular flexibility index (Phi) is 4.54. The molecule has 0 radical (unpaired) electrons. The SMILES string of the molecule is Cc1ccc(C)c(C(=O)Nc2c(C(=O)N(C)C)nn(C)c2C)c1. The second-order valence-corrected chi connectivity index (χ2v) is 5.90. The van der Waals surface area contributed by atoms with E-state index < -0.39 is 0 Å². The second kappa shape index (κ2) is 6.24. The number of rotatable bonds is 3. The normalized spacial score (nSPS) is 10.5. The summed E-state index contributed by atoms with van der Waals surface area (Å²) in [6.07, 6.45) is 0. The quantitative estimate of drug-likeness (QED) is 0.945. The lowest BCUT2D eigenvalue weighted by Gasteiger charge is -2.12. The Morgan fingerprint density at radius 1 is 1.17 bits per heavy atom. The van der Waals surface area contributed by atoms with E-state index >= 15 is 0 Å². The molecule has 2 aromatic rings. The number of nitrogens with one attached hydrogen (secondary N) is 1. The fraction of sp³-hybridized carbons (Fsp3) is 0.353. The van der Waals surface area contributed by atoms with Gasteiger partial charge in [0, 0.05) is 26.7 Å². The summed E-state index contributed by atoms with van der Waals surface area (Å²) in [6, 6.07) is 5.71. The van der Waals surface area contributed by atoms with Crippen molar-refractivity contribution in [3.8, 4) is 0 Å². The lowest BCUT2D eigenvalue weighted by molar-refractivity contribution is 0.0822. The minimum atomic E-state index is -0.245. The van der Waals surface area contributed by atoms with E-state index in [4.69, 9.17) is 0 Å². The van der Waals surface area contributed by atoms with Gasteiger partial charge in [-0.25, -0.2) is 0 Å². The third kappa shape index (κ3) is 3.26. The number of aromatic nitrogens is 2. The van der Waals surface area contributed by atoms with Gasteiger partial charge >= 0.3 is 0 Å². The molecule has 0 aliphatic heterocycles. The largest absolute Gasteiger partial charge is 0.343 e. The molecule has 0 atom stereocenters. The number of aryl methyl sites for hydroxylation is 3. The lowest BCUT2D eigenvalue weighted by atomic mass is 10.0. The van der Waals surface area contributed by atoms with Crippen LogP contribution in [0.4, 0.5) is 5.69 Å². The van der Waals surface area contributed by atoms with Crippen molar-refractivity contribution in [2.75, 3.05) is 19.4 Å². The van der Waals surface area contributed by atoms with Gasteiger partial charge in [0.2, 0.25) is 0 Å². The Balaban J connectivity index is 2.42. The zero-order chi connectivity index (χ0) is 17.3. The molecule has 1 aromatic heterocycles. The molecule has 0 saturated carbocycles. The zero-order valence-electron chi connectivity index (χ0n) is 14.4. The average molecular weight is 314 g/mol. The first-order chi connectivity index (χ1) is 10.7. The number of nitrogens with zero attached hydrogens (tertiary/aromatic N) is 3. The summed E-state index contributed by atoms with van der Waals surface area (Å²) < 4.78 is 1.59. The number of hydrogen-bond acceptors (Lipinski definition) is 3. The second-order valence-electron chi connectivity index (χ2n) is 5.90. The van der Waals surface area contributed by atoms with Crippen molar-refractivity contribution in [1.82, 2.24) is 14.7 Å². The van der Waals surface area contributed by atoms with Crippen molar-refractivity contribution in [2.45, 2.75) is 20.8 Å². The van der Waals surface area contributed by atoms with Crippen LogP contribution in [0.1, 0.15) is 37.7 Å². The lowest BCUT2D eigenvalue weighted by Crippen LogP contribution is -2.24. The Hall–Kier alpha value is -2.63. The van der Waals surface area contributed by atoms with Gasteiger partial charge in [0.15, 0.2) is 5.69 Å². The zero-order valence-corrected chi connectivity index (χ0v) is 14.4. The topological polar surface area (TPSA) is 67.2 Å². The highest BCUT2D eigenvalue weighted by atomic mass is 16.2. The van der Waals surface area contributed by atoms with E-state index in [0.717, 1.165) is 16.8 Å². The molecule has 23 heavy (non-hydrogen) atoms. The molecule has 0 bridgehead atoms. The van der Waals surface area contributed by atoms with E-state index in [1.165, 1.54) is 4.90 Å². The van der Waals surface area contributed by atoms with Gasteiger partial charge in [-0.3, -0.25) is 14.3 Å². The molecule has 1 heterocycles. The minimum absolute atomic E-state index is 0.241. The van der Waals surface area contributed by atoms with Gasteiger partial charge in [-0.05, 0) is 32.4 Å². The maximum Gasteiger partial charge on any atom is 0.276 e. The van der Waals surface area contributed by atoms with Crippen LogP contribution in [0.25, 0.3) is 0 Å². The van der Waals surface area contributed by atoms with Gasteiger partial charge in [0.1, 0.15) is 0 Å². The van der Waals surface area contributed by atoms with Crippen LogP contribution in [0.3, 0.4) is 0 Å². The van der Waals surface area contributed by atoms with Crippen LogP contribution in [-0.4, -0.2) is 40.6 Å². The van der Waals surface area contributed by atoms with E-state index in [0.29, 0.717) is 11.3 Å². The molecule has 0 aliphatic carbocycles. The molecule has 6 nitrogen and oxygen atoms in total. The Bertz CT molecular complexity index is 775. The van der Waals surface area contributed by atoms with Crippen LogP contribution in [-0.2, 0) is 7.05 Å². The van der Waals surface area contributed by atoms with E-state index in [9.17, 15) is 9.59 Å². The number of carbonyl (C=O) groups is 2. The number of anilines is 1. The molecule has 2 rings (SSSR count). The molecule has 1 aromatic carbocycles. The van der Waals surface area contributed by atoms with Crippen molar-refractivity contribution < 1.29 is 9.59 Å². The Morgan fingerprint density at radius 2 is 1.83 bits per heavy atom. The van der Waals surface area contributed by atoms with Crippen molar-refractivity contribution in [3.63, 3.8) is 0 Å². The molecule has 0 unspecified atom stereocenters. The van der Waals surface area contributed by atoms with Crippen molar-refractivity contribution in [1.29, 1.82) is 0 Å². The third-order valence-electron chi connectivity index (χ3n) is 3.82. The van der Waals surface area contributed by atoms with Crippen LogP contribution in [0, 0.1) is 20.8 Å². The summed E-state index contributed by atoms with van der Waals surface area (Å²) in [5, 5.41) is 7.08. The monoisotopic (exact) mass is 314 g/mol. The predicted octanol–water partition coefficient (Wildman–Crippen LogP) is 2.30. The predicted molar refractivity (Wildman–Crippen MR) is 89.8 cm³/mol. The highest BCUT2D eigenvalue weighted by Gasteiger charge is 2.23. The van der Waals surface area contributed by atoms with Gasteiger partial charge < -0.3 is 10.2 Å². The van der Waals surface area contributed by atoms with Crippen molar-refractivity contribution in [3.05, 3.63) is 46.3 Å². The van der Waals surface area contributed by atoms with Crippen molar-refractivity contribution >= 4 is 17.5 Å². The van der Waals surface area contributed by atoms with Crippen LogP contribution in [0.2, 0.25) is 0 Å². The molecule has 122 valence electrons. The van der Waals surface area contributed by atoms with Gasteiger partial charge in [-0.1, -0.05) is 17.7 Å². The maximum atomic E-state index is 12.6. The maximum absolute atomic E-state index is 12.6. The molecule has 0 saturated heterocycles. The third-order valence-corrected chi connectivity index (χ3v) is 3.82. The standard InChI is InChI=1S/C17H22N4O2/c1-10-7-8-11(2)13(9-10)16(22)18-14-12(3)21(6)19-15(14)17(23)20(4)5/h7-9H,1-6H3,(H,18,22). The first-order valence-electron chi connectivity index (χ1n) is 7.36. The fourth-order valence-electron chi connectivity index (χ4n) is 2.28. The molecule has 0 spiro atoms. The summed E-state index contributed by atoms with van der Waals surface area (Å²) in [4.78, 5) is 26.3. The first-order valence-corrected chi connectivity index (χ1v) is 7.36. The number of hydrogen-bond donors (Lipinski definition) is 1. The van der Waals surface area contributed by atoms with Gasteiger partial charge in [-0.2, -0.15) is 5.10 Å². The summed E-state index contributed by atoms with van der Waals surface area (Å²) in [5.74, 6) is -0.486. The van der Waals surface area contributed by atoms with Crippen LogP contribution >= 0.6 is 0 Å². The molecule has 0 aliphatic rings. The molecular weight excluding hydrogens is 292 g/mol. The molecule has 0 fully saturated rings. The molecule has 1 N–H and O–H groups in total. The molecule has 6 heteroatoms. The van der Waals surface area contributed by atoms with Gasteiger partial charge in [0.05, 0.1) is 11.4 Å². The number of carbonyl (C=O) groups excluding carboxylic acids is 2.